The molecular weight excluding hydrogens is 424 g/mol. The fourth-order valence-corrected chi connectivity index (χ4v) is 5.47. The number of piperidine rings is 1. The molecule has 1 unspecified atom stereocenters. The van der Waals surface area contributed by atoms with E-state index in [1.807, 2.05) is 65.7 Å². The van der Waals surface area contributed by atoms with Crippen LogP contribution >= 0.6 is 0 Å². The van der Waals surface area contributed by atoms with Crippen molar-refractivity contribution >= 4 is 6.09 Å². The van der Waals surface area contributed by atoms with E-state index < -0.39 is 11.1 Å². The summed E-state index contributed by atoms with van der Waals surface area (Å²) in [6.45, 7) is 4.86. The van der Waals surface area contributed by atoms with Crippen molar-refractivity contribution in [2.45, 2.75) is 44.0 Å². The van der Waals surface area contributed by atoms with E-state index in [9.17, 15) is 10.1 Å². The Morgan fingerprint density at radius 2 is 1.68 bits per heavy atom. The first-order valence-electron chi connectivity index (χ1n) is 11.7. The summed E-state index contributed by atoms with van der Waals surface area (Å²) in [5, 5.41) is 9.60. The molecule has 3 aromatic rings. The van der Waals surface area contributed by atoms with Crippen molar-refractivity contribution in [1.29, 1.82) is 5.26 Å². The van der Waals surface area contributed by atoms with Crippen LogP contribution in [0.25, 0.3) is 0 Å². The maximum absolute atomic E-state index is 13.4. The zero-order valence-corrected chi connectivity index (χ0v) is 19.4. The minimum atomic E-state index is -0.662. The molecule has 6 nitrogen and oxygen atoms in total. The molecule has 2 saturated heterocycles. The molecule has 5 rings (SSSR count). The van der Waals surface area contributed by atoms with Gasteiger partial charge in [-0.1, -0.05) is 54.6 Å². The second kappa shape index (κ2) is 8.92. The third-order valence-electron chi connectivity index (χ3n) is 7.51. The Bertz CT molecular complexity index is 1200. The molecule has 1 spiro atoms. The number of hydrogen-bond donors (Lipinski definition) is 0. The Labute approximate surface area is 200 Å². The molecule has 34 heavy (non-hydrogen) atoms. The molecule has 0 N–H and O–H groups in total. The number of amides is 1. The minimum Gasteiger partial charge on any atom is -0.440 e. The van der Waals surface area contributed by atoms with E-state index in [2.05, 4.69) is 35.0 Å². The third-order valence-corrected chi connectivity index (χ3v) is 7.51. The number of likely N-dealkylation sites (tertiary alicyclic amines) is 1. The number of pyridine rings is 1. The second-order valence-electron chi connectivity index (χ2n) is 9.25. The van der Waals surface area contributed by atoms with Gasteiger partial charge in [0.25, 0.3) is 0 Å². The van der Waals surface area contributed by atoms with E-state index >= 15 is 0 Å². The third kappa shape index (κ3) is 3.72. The monoisotopic (exact) mass is 452 g/mol. The number of aromatic nitrogens is 1. The highest BCUT2D eigenvalue weighted by Crippen LogP contribution is 2.52. The van der Waals surface area contributed by atoms with Crippen molar-refractivity contribution in [3.63, 3.8) is 0 Å². The number of nitriles is 1. The van der Waals surface area contributed by atoms with Crippen molar-refractivity contribution in [2.24, 2.45) is 0 Å². The second-order valence-corrected chi connectivity index (χ2v) is 9.25. The Balaban J connectivity index is 1.47. The van der Waals surface area contributed by atoms with Crippen LogP contribution < -0.4 is 0 Å². The predicted octanol–water partition coefficient (Wildman–Crippen LogP) is 4.86. The van der Waals surface area contributed by atoms with Gasteiger partial charge in [0.2, 0.25) is 0 Å². The first-order valence-corrected chi connectivity index (χ1v) is 11.7. The summed E-state index contributed by atoms with van der Waals surface area (Å²) >= 11 is 0. The smallest absolute Gasteiger partial charge is 0.411 e. The van der Waals surface area contributed by atoms with Gasteiger partial charge in [-0.15, -0.1) is 0 Å². The Kier molecular flexibility index (Phi) is 5.80. The van der Waals surface area contributed by atoms with Crippen LogP contribution in [0.15, 0.2) is 79.0 Å². The lowest BCUT2D eigenvalue weighted by Gasteiger charge is -2.48. The molecule has 6 heteroatoms. The number of carbonyl (C=O) groups is 1. The van der Waals surface area contributed by atoms with Crippen LogP contribution in [-0.2, 0) is 23.4 Å². The molecule has 0 aliphatic carbocycles. The van der Waals surface area contributed by atoms with E-state index in [4.69, 9.17) is 4.74 Å². The van der Waals surface area contributed by atoms with E-state index in [-0.39, 0.29) is 6.09 Å². The Morgan fingerprint density at radius 3 is 2.38 bits per heavy atom. The van der Waals surface area contributed by atoms with Gasteiger partial charge in [-0.2, -0.15) is 5.26 Å². The molecule has 0 radical (unpaired) electrons. The lowest BCUT2D eigenvalue weighted by molar-refractivity contribution is -0.0615. The van der Waals surface area contributed by atoms with Gasteiger partial charge in [0.15, 0.2) is 0 Å². The average molecular weight is 453 g/mol. The van der Waals surface area contributed by atoms with Crippen molar-refractivity contribution in [3.05, 3.63) is 101 Å². The number of rotatable bonds is 5. The summed E-state index contributed by atoms with van der Waals surface area (Å²) < 4.78 is 6.28. The quantitative estimate of drug-likeness (QED) is 0.553. The van der Waals surface area contributed by atoms with Gasteiger partial charge in [-0.05, 0) is 36.2 Å². The summed E-state index contributed by atoms with van der Waals surface area (Å²) in [5.41, 5.74) is 2.19. The topological polar surface area (TPSA) is 69.5 Å². The van der Waals surface area contributed by atoms with E-state index in [1.54, 1.807) is 6.07 Å². The molecule has 2 aliphatic heterocycles. The molecule has 3 heterocycles. The lowest BCUT2D eigenvalue weighted by atomic mass is 9.70. The molecule has 2 aromatic carbocycles. The van der Waals surface area contributed by atoms with Crippen LogP contribution in [0, 0.1) is 11.3 Å². The minimum absolute atomic E-state index is 0.322. The SMILES string of the molecule is CC1(c2ccccc2)N(Cc2ccccc2C#N)C(=O)OC12CCN(Cc1ccccn1)CC2. The zero-order valence-electron chi connectivity index (χ0n) is 19.4. The molecule has 0 bridgehead atoms. The fourth-order valence-electron chi connectivity index (χ4n) is 5.47. The molecule has 2 fully saturated rings. The van der Waals surface area contributed by atoms with Gasteiger partial charge in [0.05, 0.1) is 23.9 Å². The van der Waals surface area contributed by atoms with Crippen LogP contribution in [0.2, 0.25) is 0 Å². The summed E-state index contributed by atoms with van der Waals surface area (Å²) in [5.74, 6) is 0. The van der Waals surface area contributed by atoms with Gasteiger partial charge < -0.3 is 4.74 Å². The van der Waals surface area contributed by atoms with Crippen molar-refractivity contribution in [2.75, 3.05) is 13.1 Å². The summed E-state index contributed by atoms with van der Waals surface area (Å²) in [6.07, 6.45) is 2.96. The lowest BCUT2D eigenvalue weighted by Crippen LogP contribution is -2.58. The average Bonchev–Trinajstić information content (AvgIpc) is 3.09. The van der Waals surface area contributed by atoms with Gasteiger partial charge in [-0.25, -0.2) is 4.79 Å². The normalized spacial score (nSPS) is 21.9. The maximum atomic E-state index is 13.4. The highest BCUT2D eigenvalue weighted by molar-refractivity contribution is 5.74. The molecule has 1 atom stereocenters. The predicted molar refractivity (Wildman–Crippen MR) is 128 cm³/mol. The van der Waals surface area contributed by atoms with E-state index in [1.165, 1.54) is 0 Å². The first-order chi connectivity index (χ1) is 16.6. The van der Waals surface area contributed by atoms with Crippen molar-refractivity contribution < 1.29 is 9.53 Å². The molecule has 2 aliphatic rings. The zero-order chi connectivity index (χ0) is 23.6. The number of benzene rings is 2. The molecule has 172 valence electrons. The largest absolute Gasteiger partial charge is 0.440 e. The van der Waals surface area contributed by atoms with E-state index in [0.29, 0.717) is 12.1 Å². The van der Waals surface area contributed by atoms with Gasteiger partial charge in [-0.3, -0.25) is 14.8 Å². The van der Waals surface area contributed by atoms with Crippen LogP contribution in [0.1, 0.15) is 42.1 Å². The first kappa shape index (κ1) is 22.1. The summed E-state index contributed by atoms with van der Waals surface area (Å²) in [4.78, 5) is 22.1. The van der Waals surface area contributed by atoms with Crippen LogP contribution in [-0.4, -0.2) is 39.6 Å². The fraction of sp³-hybridized carbons (Fsp3) is 0.321. The summed E-state index contributed by atoms with van der Waals surface area (Å²) in [6, 6.07) is 25.9. The van der Waals surface area contributed by atoms with Crippen LogP contribution in [0.3, 0.4) is 0 Å². The van der Waals surface area contributed by atoms with Crippen molar-refractivity contribution in [1.82, 2.24) is 14.8 Å². The van der Waals surface area contributed by atoms with E-state index in [0.717, 1.165) is 49.3 Å². The summed E-state index contributed by atoms with van der Waals surface area (Å²) in [7, 11) is 0. The standard InChI is InChI=1S/C28H28N4O2/c1-27(24-11-3-2-4-12-24)28(14-17-31(18-15-28)21-25-13-7-8-16-30-25)34-26(33)32(27)20-23-10-6-5-9-22(23)19-29/h2-13,16H,14-15,17-18,20-21H2,1H3. The van der Waals surface area contributed by atoms with Gasteiger partial charge >= 0.3 is 6.09 Å². The van der Waals surface area contributed by atoms with Crippen molar-refractivity contribution in [3.8, 4) is 6.07 Å². The molecule has 0 saturated carbocycles. The highest BCUT2D eigenvalue weighted by Gasteiger charge is 2.63. The molecular formula is C28H28N4O2. The van der Waals surface area contributed by atoms with Crippen LogP contribution in [0.4, 0.5) is 4.79 Å². The molecule has 1 amide bonds. The van der Waals surface area contributed by atoms with Gasteiger partial charge in [0, 0.05) is 38.7 Å². The maximum Gasteiger partial charge on any atom is 0.411 e. The van der Waals surface area contributed by atoms with Crippen LogP contribution in [0.5, 0.6) is 0 Å². The van der Waals surface area contributed by atoms with Gasteiger partial charge in [0.1, 0.15) is 11.1 Å². The Morgan fingerprint density at radius 1 is 0.971 bits per heavy atom. The highest BCUT2D eigenvalue weighted by atomic mass is 16.6. The number of carbonyl (C=O) groups excluding carboxylic acids is 1. The number of nitrogens with zero attached hydrogens (tertiary/aromatic N) is 4. The molecule has 1 aromatic heterocycles. The Hall–Kier alpha value is -3.69. The number of hydrogen-bond acceptors (Lipinski definition) is 5. The number of ether oxygens (including phenoxy) is 1.